The molecular weight excluding hydrogens is 220 g/mol. The van der Waals surface area contributed by atoms with Crippen molar-refractivity contribution in [2.24, 2.45) is 5.73 Å². The number of nitrogens with two attached hydrogens (primary N) is 1. The minimum Gasteiger partial charge on any atom is -0.346 e. The molecular formula is C11H14N4S. The Morgan fingerprint density at radius 3 is 2.50 bits per heavy atom. The minimum absolute atomic E-state index is 0.590. The van der Waals surface area contributed by atoms with Crippen LogP contribution in [-0.2, 0) is 13.1 Å². The van der Waals surface area contributed by atoms with Gasteiger partial charge in [0.25, 0.3) is 0 Å². The van der Waals surface area contributed by atoms with Crippen molar-refractivity contribution in [3.63, 3.8) is 0 Å². The molecule has 0 aliphatic heterocycles. The van der Waals surface area contributed by atoms with Crippen LogP contribution in [0.2, 0.25) is 0 Å². The third-order valence-corrected chi connectivity index (χ3v) is 3.13. The van der Waals surface area contributed by atoms with Gasteiger partial charge in [0, 0.05) is 31.7 Å². The molecule has 0 unspecified atom stereocenters. The fraction of sp³-hybridized carbons (Fsp3) is 0.273. The monoisotopic (exact) mass is 234 g/mol. The van der Waals surface area contributed by atoms with Gasteiger partial charge in [-0.25, -0.2) is 4.98 Å². The van der Waals surface area contributed by atoms with E-state index >= 15 is 0 Å². The van der Waals surface area contributed by atoms with Crippen LogP contribution in [-0.4, -0.2) is 16.4 Å². The van der Waals surface area contributed by atoms with E-state index in [1.807, 2.05) is 7.05 Å². The number of hydrogen-bond donors (Lipinski definition) is 1. The lowest BCUT2D eigenvalue weighted by atomic mass is 10.1. The quantitative estimate of drug-likeness (QED) is 0.873. The summed E-state index contributed by atoms with van der Waals surface area (Å²) in [4.78, 5) is 6.24. The highest BCUT2D eigenvalue weighted by atomic mass is 32.1. The van der Waals surface area contributed by atoms with Crippen molar-refractivity contribution < 1.29 is 0 Å². The van der Waals surface area contributed by atoms with Gasteiger partial charge < -0.3 is 10.6 Å². The Morgan fingerprint density at radius 2 is 1.94 bits per heavy atom. The first-order valence-corrected chi connectivity index (χ1v) is 5.82. The van der Waals surface area contributed by atoms with Gasteiger partial charge in [0.1, 0.15) is 6.33 Å². The molecule has 1 aromatic carbocycles. The smallest absolute Gasteiger partial charge is 0.204 e. The van der Waals surface area contributed by atoms with Crippen LogP contribution in [0.4, 0.5) is 5.13 Å². The zero-order chi connectivity index (χ0) is 11.4. The molecule has 84 valence electrons. The fourth-order valence-corrected chi connectivity index (χ4v) is 1.94. The molecule has 0 spiro atoms. The molecule has 2 rings (SSSR count). The van der Waals surface area contributed by atoms with Crippen LogP contribution in [0.25, 0.3) is 0 Å². The zero-order valence-corrected chi connectivity index (χ0v) is 9.94. The lowest BCUT2D eigenvalue weighted by Crippen LogP contribution is -2.15. The Balaban J connectivity index is 2.03. The second-order valence-electron chi connectivity index (χ2n) is 3.60. The molecule has 0 fully saturated rings. The van der Waals surface area contributed by atoms with Crippen molar-refractivity contribution in [2.45, 2.75) is 13.1 Å². The summed E-state index contributed by atoms with van der Waals surface area (Å²) in [6, 6.07) is 8.31. The second-order valence-corrected chi connectivity index (χ2v) is 4.36. The molecule has 1 heterocycles. The molecule has 0 aliphatic rings. The predicted octanol–water partition coefficient (Wildman–Crippen LogP) is 1.63. The van der Waals surface area contributed by atoms with Gasteiger partial charge >= 0.3 is 0 Å². The van der Waals surface area contributed by atoms with E-state index in [1.165, 1.54) is 17.1 Å². The van der Waals surface area contributed by atoms with E-state index in [0.717, 1.165) is 17.2 Å². The Bertz CT molecular complexity index is 424. The first kappa shape index (κ1) is 11.0. The Morgan fingerprint density at radius 1 is 1.25 bits per heavy atom. The van der Waals surface area contributed by atoms with Gasteiger partial charge in [-0.15, -0.1) is 0 Å². The maximum absolute atomic E-state index is 5.55. The summed E-state index contributed by atoms with van der Waals surface area (Å²) in [7, 11) is 2.01. The van der Waals surface area contributed by atoms with Crippen LogP contribution in [0.1, 0.15) is 11.1 Å². The summed E-state index contributed by atoms with van der Waals surface area (Å²) >= 11 is 1.40. The number of benzene rings is 1. The molecule has 0 bridgehead atoms. The van der Waals surface area contributed by atoms with Crippen molar-refractivity contribution in [1.29, 1.82) is 0 Å². The topological polar surface area (TPSA) is 55.0 Å². The maximum atomic E-state index is 5.55. The third-order valence-electron chi connectivity index (χ3n) is 2.35. The van der Waals surface area contributed by atoms with Crippen molar-refractivity contribution in [3.8, 4) is 0 Å². The van der Waals surface area contributed by atoms with E-state index in [9.17, 15) is 0 Å². The molecule has 2 N–H and O–H groups in total. The Labute approximate surface area is 98.9 Å². The first-order valence-electron chi connectivity index (χ1n) is 5.05. The number of anilines is 1. The van der Waals surface area contributed by atoms with Gasteiger partial charge in [0.15, 0.2) is 0 Å². The lowest BCUT2D eigenvalue weighted by molar-refractivity contribution is 0.912. The van der Waals surface area contributed by atoms with Gasteiger partial charge in [-0.3, -0.25) is 0 Å². The fourth-order valence-electron chi connectivity index (χ4n) is 1.46. The summed E-state index contributed by atoms with van der Waals surface area (Å²) in [5, 5.41) is 0.933. The van der Waals surface area contributed by atoms with Crippen LogP contribution < -0.4 is 10.6 Å². The van der Waals surface area contributed by atoms with Gasteiger partial charge in [-0.05, 0) is 11.1 Å². The van der Waals surface area contributed by atoms with Gasteiger partial charge in [0.2, 0.25) is 5.13 Å². The number of hydrogen-bond acceptors (Lipinski definition) is 5. The lowest BCUT2D eigenvalue weighted by Gasteiger charge is -2.15. The molecule has 0 saturated heterocycles. The molecule has 0 saturated carbocycles. The van der Waals surface area contributed by atoms with E-state index in [0.29, 0.717) is 6.54 Å². The molecule has 4 nitrogen and oxygen atoms in total. The van der Waals surface area contributed by atoms with Crippen molar-refractivity contribution in [1.82, 2.24) is 9.36 Å². The Hall–Kier alpha value is -1.46. The van der Waals surface area contributed by atoms with E-state index in [-0.39, 0.29) is 0 Å². The highest BCUT2D eigenvalue weighted by molar-refractivity contribution is 7.09. The molecule has 2 aromatic rings. The van der Waals surface area contributed by atoms with Crippen molar-refractivity contribution in [2.75, 3.05) is 11.9 Å². The summed E-state index contributed by atoms with van der Waals surface area (Å²) in [5.41, 5.74) is 7.95. The molecule has 0 amide bonds. The normalized spacial score (nSPS) is 10.4. The van der Waals surface area contributed by atoms with Crippen LogP contribution in [0.3, 0.4) is 0 Å². The predicted molar refractivity (Wildman–Crippen MR) is 66.3 cm³/mol. The first-order chi connectivity index (χ1) is 7.79. The Kier molecular flexibility index (Phi) is 3.48. The van der Waals surface area contributed by atoms with Gasteiger partial charge in [0.05, 0.1) is 0 Å². The average molecular weight is 234 g/mol. The van der Waals surface area contributed by atoms with Crippen molar-refractivity contribution >= 4 is 16.7 Å². The SMILES string of the molecule is CN(Cc1ccc(CN)cc1)c1ncns1. The highest BCUT2D eigenvalue weighted by Crippen LogP contribution is 2.15. The largest absolute Gasteiger partial charge is 0.346 e. The van der Waals surface area contributed by atoms with E-state index < -0.39 is 0 Å². The number of aromatic nitrogens is 2. The van der Waals surface area contributed by atoms with Crippen LogP contribution in [0.5, 0.6) is 0 Å². The number of nitrogens with zero attached hydrogens (tertiary/aromatic N) is 3. The highest BCUT2D eigenvalue weighted by Gasteiger charge is 2.04. The van der Waals surface area contributed by atoms with Crippen LogP contribution in [0.15, 0.2) is 30.6 Å². The summed E-state index contributed by atoms with van der Waals surface area (Å²) in [6.45, 7) is 1.42. The minimum atomic E-state index is 0.590. The maximum Gasteiger partial charge on any atom is 0.204 e. The van der Waals surface area contributed by atoms with Gasteiger partial charge in [-0.1, -0.05) is 24.3 Å². The standard InChI is InChI=1S/C11H14N4S/c1-15(11-13-8-14-16-11)7-10-4-2-9(6-12)3-5-10/h2-5,8H,6-7,12H2,1H3. The molecule has 0 radical (unpaired) electrons. The number of rotatable bonds is 4. The summed E-state index contributed by atoms with van der Waals surface area (Å²) in [6.07, 6.45) is 1.58. The second kappa shape index (κ2) is 5.05. The molecule has 16 heavy (non-hydrogen) atoms. The zero-order valence-electron chi connectivity index (χ0n) is 9.13. The molecule has 5 heteroatoms. The van der Waals surface area contributed by atoms with Crippen LogP contribution >= 0.6 is 11.5 Å². The van der Waals surface area contributed by atoms with Crippen LogP contribution in [0, 0.1) is 0 Å². The molecule has 0 aliphatic carbocycles. The third kappa shape index (κ3) is 2.56. The molecule has 0 atom stereocenters. The summed E-state index contributed by atoms with van der Waals surface area (Å²) < 4.78 is 3.98. The van der Waals surface area contributed by atoms with Gasteiger partial charge in [-0.2, -0.15) is 4.37 Å². The van der Waals surface area contributed by atoms with Crippen molar-refractivity contribution in [3.05, 3.63) is 41.7 Å². The average Bonchev–Trinajstić information content (AvgIpc) is 2.83. The summed E-state index contributed by atoms with van der Waals surface area (Å²) in [5.74, 6) is 0. The van der Waals surface area contributed by atoms with E-state index in [4.69, 9.17) is 5.73 Å². The molecule has 1 aromatic heterocycles. The van der Waals surface area contributed by atoms with E-state index in [1.54, 1.807) is 6.33 Å². The van der Waals surface area contributed by atoms with E-state index in [2.05, 4.69) is 38.5 Å².